The average Bonchev–Trinajstić information content (AvgIpc) is 3.24. The zero-order chi connectivity index (χ0) is 24.9. The first kappa shape index (κ1) is 25.0. The van der Waals surface area contributed by atoms with Crippen molar-refractivity contribution in [3.05, 3.63) is 83.3 Å². The third kappa shape index (κ3) is 6.69. The van der Waals surface area contributed by atoms with Gasteiger partial charge in [0, 0.05) is 11.1 Å². The van der Waals surface area contributed by atoms with E-state index >= 15 is 0 Å². The second-order valence-electron chi connectivity index (χ2n) is 8.61. The molecule has 180 valence electrons. The van der Waals surface area contributed by atoms with Gasteiger partial charge in [-0.05, 0) is 69.7 Å². The number of aryl methyl sites for hydroxylation is 1. The first-order valence-electron chi connectivity index (χ1n) is 10.5. The highest BCUT2D eigenvalue weighted by atomic mass is 32.2. The Kier molecular flexibility index (Phi) is 7.43. The highest BCUT2D eigenvalue weighted by Crippen LogP contribution is 2.18. The van der Waals surface area contributed by atoms with Crippen LogP contribution in [-0.2, 0) is 16.6 Å². The molecule has 0 spiro atoms. The zero-order valence-electron chi connectivity index (χ0n) is 19.3. The number of carbonyl (C=O) groups is 2. The summed E-state index contributed by atoms with van der Waals surface area (Å²) in [5.41, 5.74) is 4.52. The Labute approximate surface area is 198 Å². The van der Waals surface area contributed by atoms with Gasteiger partial charge in [-0.15, -0.1) is 0 Å². The van der Waals surface area contributed by atoms with Gasteiger partial charge < -0.3 is 9.15 Å². The van der Waals surface area contributed by atoms with Crippen LogP contribution in [0.25, 0.3) is 0 Å². The summed E-state index contributed by atoms with van der Waals surface area (Å²) in [6.07, 6.45) is 0. The van der Waals surface area contributed by atoms with Gasteiger partial charge in [0.25, 0.3) is 5.91 Å². The molecule has 3 aromatic rings. The lowest BCUT2D eigenvalue weighted by Gasteiger charge is -2.20. The summed E-state index contributed by atoms with van der Waals surface area (Å²) in [5.74, 6) is -0.266. The molecule has 0 saturated heterocycles. The molecule has 2 aromatic carbocycles. The van der Waals surface area contributed by atoms with E-state index in [0.29, 0.717) is 17.1 Å². The van der Waals surface area contributed by atoms with Crippen LogP contribution in [0, 0.1) is 6.92 Å². The minimum atomic E-state index is -3.83. The van der Waals surface area contributed by atoms with E-state index in [2.05, 4.69) is 15.6 Å². The van der Waals surface area contributed by atoms with Crippen molar-refractivity contribution >= 4 is 21.8 Å². The normalized spacial score (nSPS) is 11.6. The van der Waals surface area contributed by atoms with E-state index in [-0.39, 0.29) is 22.8 Å². The Morgan fingerprint density at radius 1 is 0.941 bits per heavy atom. The van der Waals surface area contributed by atoms with E-state index in [9.17, 15) is 18.0 Å². The van der Waals surface area contributed by atoms with Crippen LogP contribution >= 0.6 is 0 Å². The summed E-state index contributed by atoms with van der Waals surface area (Å²) in [5, 5.41) is 0. The van der Waals surface area contributed by atoms with Crippen LogP contribution in [0.15, 0.2) is 70.0 Å². The maximum atomic E-state index is 12.6. The molecule has 1 heterocycles. The molecule has 0 fully saturated rings. The van der Waals surface area contributed by atoms with Gasteiger partial charge in [0.1, 0.15) is 18.1 Å². The lowest BCUT2D eigenvalue weighted by atomic mass is 10.1. The molecule has 3 N–H and O–H groups in total. The van der Waals surface area contributed by atoms with Gasteiger partial charge >= 0.3 is 5.91 Å². The van der Waals surface area contributed by atoms with Crippen LogP contribution < -0.4 is 20.3 Å². The molecule has 1 aromatic heterocycles. The molecule has 0 aliphatic heterocycles. The first-order chi connectivity index (χ1) is 15.9. The minimum Gasteiger partial charge on any atom is -0.486 e. The van der Waals surface area contributed by atoms with Crippen LogP contribution in [0.4, 0.5) is 0 Å². The summed E-state index contributed by atoms with van der Waals surface area (Å²) < 4.78 is 38.8. The fraction of sp³-hybridized carbons (Fsp3) is 0.250. The summed E-state index contributed by atoms with van der Waals surface area (Å²) in [6.45, 7) is 6.95. The highest BCUT2D eigenvalue weighted by molar-refractivity contribution is 7.89. The number of hydrazine groups is 1. The van der Waals surface area contributed by atoms with Crippen molar-refractivity contribution in [2.75, 3.05) is 0 Å². The predicted molar refractivity (Wildman–Crippen MR) is 126 cm³/mol. The van der Waals surface area contributed by atoms with E-state index in [1.165, 1.54) is 24.3 Å². The van der Waals surface area contributed by atoms with Crippen LogP contribution in [0.1, 0.15) is 53.0 Å². The Bertz CT molecular complexity index is 1280. The average molecular weight is 486 g/mol. The molecule has 3 rings (SSSR count). The Morgan fingerprint density at radius 2 is 1.62 bits per heavy atom. The van der Waals surface area contributed by atoms with Crippen molar-refractivity contribution in [3.63, 3.8) is 0 Å². The maximum Gasteiger partial charge on any atom is 0.305 e. The van der Waals surface area contributed by atoms with Gasteiger partial charge in [0.2, 0.25) is 10.0 Å². The fourth-order valence-electron chi connectivity index (χ4n) is 2.97. The van der Waals surface area contributed by atoms with Crippen molar-refractivity contribution in [2.24, 2.45) is 0 Å². The number of para-hydroxylation sites is 1. The number of benzene rings is 2. The van der Waals surface area contributed by atoms with Gasteiger partial charge in [-0.1, -0.05) is 24.3 Å². The van der Waals surface area contributed by atoms with E-state index in [0.717, 1.165) is 0 Å². The van der Waals surface area contributed by atoms with E-state index in [4.69, 9.17) is 9.15 Å². The molecule has 0 aliphatic rings. The predicted octanol–water partition coefficient (Wildman–Crippen LogP) is 3.32. The molecule has 2 amide bonds. The highest BCUT2D eigenvalue weighted by Gasteiger charge is 2.24. The SMILES string of the molecule is Cc1ccc(S(=O)(=O)NC(C)(C)C)cc1C(=O)NNC(=O)c1ccc(COc2ccccc2)o1. The Hall–Kier alpha value is -3.63. The largest absolute Gasteiger partial charge is 0.486 e. The molecule has 0 radical (unpaired) electrons. The third-order valence-electron chi connectivity index (χ3n) is 4.50. The van der Waals surface area contributed by atoms with Gasteiger partial charge in [0.05, 0.1) is 4.90 Å². The summed E-state index contributed by atoms with van der Waals surface area (Å²) >= 11 is 0. The molecule has 9 nitrogen and oxygen atoms in total. The van der Waals surface area contributed by atoms with Crippen LogP contribution in [0.3, 0.4) is 0 Å². The van der Waals surface area contributed by atoms with Gasteiger partial charge in [-0.3, -0.25) is 20.4 Å². The van der Waals surface area contributed by atoms with Crippen molar-refractivity contribution in [3.8, 4) is 5.75 Å². The number of amides is 2. The number of hydrogen-bond donors (Lipinski definition) is 3. The number of furan rings is 1. The molecular formula is C24H27N3O6S. The number of nitrogens with one attached hydrogen (secondary N) is 3. The third-order valence-corrected chi connectivity index (χ3v) is 6.26. The van der Waals surface area contributed by atoms with Crippen molar-refractivity contribution in [1.29, 1.82) is 0 Å². The zero-order valence-corrected chi connectivity index (χ0v) is 20.2. The van der Waals surface area contributed by atoms with Crippen LogP contribution in [-0.4, -0.2) is 25.8 Å². The van der Waals surface area contributed by atoms with Gasteiger partial charge in [0.15, 0.2) is 5.76 Å². The molecule has 0 atom stereocenters. The van der Waals surface area contributed by atoms with E-state index in [1.54, 1.807) is 45.9 Å². The minimum absolute atomic E-state index is 0.0191. The molecule has 34 heavy (non-hydrogen) atoms. The van der Waals surface area contributed by atoms with Crippen LogP contribution in [0.5, 0.6) is 5.75 Å². The van der Waals surface area contributed by atoms with Crippen molar-refractivity contribution < 1.29 is 27.2 Å². The van der Waals surface area contributed by atoms with E-state index in [1.807, 2.05) is 18.2 Å². The standard InChI is InChI=1S/C24H27N3O6S/c1-16-10-12-19(34(30,31)27-24(2,3)4)14-20(16)22(28)25-26-23(29)21-13-11-18(33-21)15-32-17-8-6-5-7-9-17/h5-14,27H,15H2,1-4H3,(H,25,28)(H,26,29). The Morgan fingerprint density at radius 3 is 2.29 bits per heavy atom. The lowest BCUT2D eigenvalue weighted by molar-refractivity contribution is 0.0828. The monoisotopic (exact) mass is 485 g/mol. The second-order valence-corrected chi connectivity index (χ2v) is 10.3. The molecule has 0 bridgehead atoms. The molecule has 10 heteroatoms. The summed E-state index contributed by atoms with van der Waals surface area (Å²) in [6, 6.07) is 16.4. The maximum absolute atomic E-state index is 12.6. The number of hydrogen-bond acceptors (Lipinski definition) is 6. The fourth-order valence-corrected chi connectivity index (χ4v) is 4.41. The molecular weight excluding hydrogens is 458 g/mol. The number of sulfonamides is 1. The summed E-state index contributed by atoms with van der Waals surface area (Å²) in [7, 11) is -3.83. The Balaban J connectivity index is 1.62. The van der Waals surface area contributed by atoms with Gasteiger partial charge in [-0.25, -0.2) is 13.1 Å². The number of ether oxygens (including phenoxy) is 1. The topological polar surface area (TPSA) is 127 Å². The first-order valence-corrected chi connectivity index (χ1v) is 11.9. The van der Waals surface area contributed by atoms with Gasteiger partial charge in [-0.2, -0.15) is 0 Å². The number of carbonyl (C=O) groups excluding carboxylic acids is 2. The smallest absolute Gasteiger partial charge is 0.305 e. The van der Waals surface area contributed by atoms with E-state index < -0.39 is 27.4 Å². The second kappa shape index (κ2) is 10.1. The quantitative estimate of drug-likeness (QED) is 0.441. The number of rotatable bonds is 7. The molecule has 0 aliphatic carbocycles. The summed E-state index contributed by atoms with van der Waals surface area (Å²) in [4.78, 5) is 25.0. The molecule has 0 unspecified atom stereocenters. The van der Waals surface area contributed by atoms with Crippen LogP contribution in [0.2, 0.25) is 0 Å². The molecule has 0 saturated carbocycles. The lowest BCUT2D eigenvalue weighted by Crippen LogP contribution is -2.42. The van der Waals surface area contributed by atoms with Crippen molar-refractivity contribution in [2.45, 2.75) is 44.7 Å². The van der Waals surface area contributed by atoms with Crippen molar-refractivity contribution in [1.82, 2.24) is 15.6 Å².